The van der Waals surface area contributed by atoms with Gasteiger partial charge in [0, 0.05) is 23.8 Å². The summed E-state index contributed by atoms with van der Waals surface area (Å²) >= 11 is 6.05. The van der Waals surface area contributed by atoms with Crippen LogP contribution in [0.4, 0.5) is 5.69 Å². The number of amides is 1. The molecule has 0 saturated heterocycles. The van der Waals surface area contributed by atoms with Gasteiger partial charge in [-0.1, -0.05) is 42.8 Å². The molecule has 0 aromatic heterocycles. The summed E-state index contributed by atoms with van der Waals surface area (Å²) in [5, 5.41) is 15.8. The van der Waals surface area contributed by atoms with Crippen LogP contribution in [0.5, 0.6) is 0 Å². The summed E-state index contributed by atoms with van der Waals surface area (Å²) in [6.07, 6.45) is 0.888. The Kier molecular flexibility index (Phi) is 6.44. The Labute approximate surface area is 141 Å². The summed E-state index contributed by atoms with van der Waals surface area (Å²) in [5.74, 6) is -0.110. The monoisotopic (exact) mass is 332 g/mol. The molecule has 2 rings (SSSR count). The molecule has 0 aliphatic carbocycles. The molecular weight excluding hydrogens is 312 g/mol. The summed E-state index contributed by atoms with van der Waals surface area (Å²) in [7, 11) is 0. The van der Waals surface area contributed by atoms with Crippen molar-refractivity contribution in [1.29, 1.82) is 0 Å². The standard InChI is InChI=1S/C18H21ClN2O2/c1-2-9-20-18(23)16-8-7-15(19)10-17(16)21-11-13-3-5-14(12-22)6-4-13/h3-8,10,21-22H,2,9,11-12H2,1H3,(H,20,23). The van der Waals surface area contributed by atoms with E-state index in [2.05, 4.69) is 10.6 Å². The second kappa shape index (κ2) is 8.56. The summed E-state index contributed by atoms with van der Waals surface area (Å²) < 4.78 is 0. The molecule has 0 heterocycles. The summed E-state index contributed by atoms with van der Waals surface area (Å²) in [6, 6.07) is 12.8. The van der Waals surface area contributed by atoms with Gasteiger partial charge in [-0.05, 0) is 35.7 Å². The van der Waals surface area contributed by atoms with Crippen LogP contribution in [-0.4, -0.2) is 17.6 Å². The van der Waals surface area contributed by atoms with Crippen molar-refractivity contribution >= 4 is 23.2 Å². The van der Waals surface area contributed by atoms with E-state index in [0.29, 0.717) is 29.4 Å². The van der Waals surface area contributed by atoms with Crippen molar-refractivity contribution in [2.24, 2.45) is 0 Å². The van der Waals surface area contributed by atoms with E-state index in [1.54, 1.807) is 18.2 Å². The topological polar surface area (TPSA) is 61.4 Å². The van der Waals surface area contributed by atoms with Crippen LogP contribution in [0.15, 0.2) is 42.5 Å². The van der Waals surface area contributed by atoms with Gasteiger partial charge in [0.15, 0.2) is 0 Å². The Morgan fingerprint density at radius 3 is 2.48 bits per heavy atom. The van der Waals surface area contributed by atoms with Crippen molar-refractivity contribution in [2.75, 3.05) is 11.9 Å². The fraction of sp³-hybridized carbons (Fsp3) is 0.278. The highest BCUT2D eigenvalue weighted by molar-refractivity contribution is 6.31. The lowest BCUT2D eigenvalue weighted by Gasteiger charge is -2.13. The van der Waals surface area contributed by atoms with Gasteiger partial charge in [0.2, 0.25) is 0 Å². The molecule has 1 amide bonds. The first-order chi connectivity index (χ1) is 11.1. The highest BCUT2D eigenvalue weighted by atomic mass is 35.5. The number of nitrogens with one attached hydrogen (secondary N) is 2. The van der Waals surface area contributed by atoms with Gasteiger partial charge >= 0.3 is 0 Å². The van der Waals surface area contributed by atoms with Crippen LogP contribution in [0, 0.1) is 0 Å². The first-order valence-corrected chi connectivity index (χ1v) is 8.02. The molecule has 5 heteroatoms. The molecule has 0 unspecified atom stereocenters. The molecule has 0 radical (unpaired) electrons. The van der Waals surface area contributed by atoms with Crippen molar-refractivity contribution in [2.45, 2.75) is 26.5 Å². The first kappa shape index (κ1) is 17.3. The predicted molar refractivity (Wildman–Crippen MR) is 93.8 cm³/mol. The molecule has 0 aliphatic heterocycles. The second-order valence-corrected chi connectivity index (χ2v) is 5.71. The summed E-state index contributed by atoms with van der Waals surface area (Å²) in [6.45, 7) is 3.25. The Morgan fingerprint density at radius 1 is 1.13 bits per heavy atom. The van der Waals surface area contributed by atoms with Gasteiger partial charge in [-0.15, -0.1) is 0 Å². The van der Waals surface area contributed by atoms with Crippen LogP contribution in [-0.2, 0) is 13.2 Å². The minimum absolute atomic E-state index is 0.0315. The average Bonchev–Trinajstić information content (AvgIpc) is 2.58. The predicted octanol–water partition coefficient (Wildman–Crippen LogP) is 3.58. The molecule has 4 nitrogen and oxygen atoms in total. The van der Waals surface area contributed by atoms with Crippen LogP contribution >= 0.6 is 11.6 Å². The van der Waals surface area contributed by atoms with Crippen molar-refractivity contribution in [1.82, 2.24) is 5.32 Å². The molecule has 2 aromatic rings. The van der Waals surface area contributed by atoms with E-state index < -0.39 is 0 Å². The zero-order chi connectivity index (χ0) is 16.7. The van der Waals surface area contributed by atoms with Crippen LogP contribution < -0.4 is 10.6 Å². The third kappa shape index (κ3) is 4.98. The van der Waals surface area contributed by atoms with E-state index in [4.69, 9.17) is 16.7 Å². The molecule has 122 valence electrons. The van der Waals surface area contributed by atoms with Gasteiger partial charge in [-0.3, -0.25) is 4.79 Å². The van der Waals surface area contributed by atoms with Gasteiger partial charge in [0.1, 0.15) is 0 Å². The van der Waals surface area contributed by atoms with Gasteiger partial charge < -0.3 is 15.7 Å². The maximum atomic E-state index is 12.2. The highest BCUT2D eigenvalue weighted by Gasteiger charge is 2.11. The molecule has 0 atom stereocenters. The van der Waals surface area contributed by atoms with E-state index >= 15 is 0 Å². The number of benzene rings is 2. The third-order valence-electron chi connectivity index (χ3n) is 3.45. The second-order valence-electron chi connectivity index (χ2n) is 5.27. The Bertz CT molecular complexity index is 657. The number of hydrogen-bond acceptors (Lipinski definition) is 3. The fourth-order valence-electron chi connectivity index (χ4n) is 2.15. The van der Waals surface area contributed by atoms with Crippen LogP contribution in [0.1, 0.15) is 34.8 Å². The van der Waals surface area contributed by atoms with Crippen molar-refractivity contribution in [3.05, 3.63) is 64.2 Å². The molecule has 23 heavy (non-hydrogen) atoms. The van der Waals surface area contributed by atoms with Crippen molar-refractivity contribution < 1.29 is 9.90 Å². The number of carbonyl (C=O) groups is 1. The number of rotatable bonds is 7. The van der Waals surface area contributed by atoms with Gasteiger partial charge in [0.05, 0.1) is 12.2 Å². The van der Waals surface area contributed by atoms with Gasteiger partial charge in [-0.25, -0.2) is 0 Å². The fourth-order valence-corrected chi connectivity index (χ4v) is 2.33. The normalized spacial score (nSPS) is 10.4. The highest BCUT2D eigenvalue weighted by Crippen LogP contribution is 2.22. The molecule has 2 aromatic carbocycles. The third-order valence-corrected chi connectivity index (χ3v) is 3.69. The van der Waals surface area contributed by atoms with Crippen molar-refractivity contribution in [3.8, 4) is 0 Å². The lowest BCUT2D eigenvalue weighted by atomic mass is 10.1. The number of halogens is 1. The van der Waals surface area contributed by atoms with Gasteiger partial charge in [-0.2, -0.15) is 0 Å². The Hall–Kier alpha value is -2.04. The maximum Gasteiger partial charge on any atom is 0.253 e. The minimum Gasteiger partial charge on any atom is -0.392 e. The molecule has 0 spiro atoms. The summed E-state index contributed by atoms with van der Waals surface area (Å²) in [4.78, 5) is 12.2. The molecule has 3 N–H and O–H groups in total. The van der Waals surface area contributed by atoms with Crippen LogP contribution in [0.3, 0.4) is 0 Å². The van der Waals surface area contributed by atoms with Crippen molar-refractivity contribution in [3.63, 3.8) is 0 Å². The molecule has 0 saturated carbocycles. The number of anilines is 1. The van der Waals surface area contributed by atoms with Crippen LogP contribution in [0.25, 0.3) is 0 Å². The smallest absolute Gasteiger partial charge is 0.253 e. The van der Waals surface area contributed by atoms with E-state index in [-0.39, 0.29) is 12.5 Å². The zero-order valence-corrected chi connectivity index (χ0v) is 13.9. The van der Waals surface area contributed by atoms with Gasteiger partial charge in [0.25, 0.3) is 5.91 Å². The number of aliphatic hydroxyl groups excluding tert-OH is 1. The quantitative estimate of drug-likeness (QED) is 0.726. The lowest BCUT2D eigenvalue weighted by Crippen LogP contribution is -2.25. The van der Waals surface area contributed by atoms with E-state index in [1.807, 2.05) is 31.2 Å². The minimum atomic E-state index is -0.110. The summed E-state index contributed by atoms with van der Waals surface area (Å²) in [5.41, 5.74) is 3.21. The number of aliphatic hydroxyl groups is 1. The van der Waals surface area contributed by atoms with E-state index in [9.17, 15) is 4.79 Å². The zero-order valence-electron chi connectivity index (χ0n) is 13.1. The van der Waals surface area contributed by atoms with E-state index in [1.165, 1.54) is 0 Å². The lowest BCUT2D eigenvalue weighted by molar-refractivity contribution is 0.0954. The Morgan fingerprint density at radius 2 is 1.83 bits per heavy atom. The van der Waals surface area contributed by atoms with E-state index in [0.717, 1.165) is 17.5 Å². The maximum absolute atomic E-state index is 12.2. The Balaban J connectivity index is 2.11. The first-order valence-electron chi connectivity index (χ1n) is 7.64. The molecule has 0 aliphatic rings. The molecule has 0 fully saturated rings. The molecule has 0 bridgehead atoms. The number of carbonyl (C=O) groups excluding carboxylic acids is 1. The molecular formula is C18H21ClN2O2. The average molecular weight is 333 g/mol. The number of hydrogen-bond donors (Lipinski definition) is 3. The SMILES string of the molecule is CCCNC(=O)c1ccc(Cl)cc1NCc1ccc(CO)cc1. The largest absolute Gasteiger partial charge is 0.392 e. The van der Waals surface area contributed by atoms with Crippen LogP contribution in [0.2, 0.25) is 5.02 Å².